The molecule has 0 saturated heterocycles. The summed E-state index contributed by atoms with van der Waals surface area (Å²) < 4.78 is 6.16. The lowest BCUT2D eigenvalue weighted by molar-refractivity contribution is 0.522. The zero-order valence-electron chi connectivity index (χ0n) is 9.70. The lowest BCUT2D eigenvalue weighted by Crippen LogP contribution is -2.33. The summed E-state index contributed by atoms with van der Waals surface area (Å²) >= 11 is 15.8. The summed E-state index contributed by atoms with van der Waals surface area (Å²) in [5, 5.41) is 0. The normalized spacial score (nSPS) is 11.7. The lowest BCUT2D eigenvalue weighted by atomic mass is 9.79. The van der Waals surface area contributed by atoms with Gasteiger partial charge in [-0.3, -0.25) is 0 Å². The SMILES string of the molecule is ClCC(CCl)(Cc1ccoc1)c1ccc(Br)cc1. The Hall–Kier alpha value is -0.440. The lowest BCUT2D eigenvalue weighted by Gasteiger charge is -2.30. The van der Waals surface area contributed by atoms with Crippen LogP contribution in [0.2, 0.25) is 0 Å². The van der Waals surface area contributed by atoms with E-state index in [0.29, 0.717) is 11.8 Å². The standard InChI is InChI=1S/C14H13BrCl2O/c15-13-3-1-12(2-4-13)14(9-16,10-17)7-11-5-6-18-8-11/h1-6,8H,7,9-10H2. The fraction of sp³-hybridized carbons (Fsp3) is 0.286. The van der Waals surface area contributed by atoms with Crippen LogP contribution in [0.5, 0.6) is 0 Å². The van der Waals surface area contributed by atoms with Crippen LogP contribution in [0.1, 0.15) is 11.1 Å². The summed E-state index contributed by atoms with van der Waals surface area (Å²) in [6, 6.07) is 10.1. The molecule has 0 spiro atoms. The predicted molar refractivity (Wildman–Crippen MR) is 79.7 cm³/mol. The molecule has 0 amide bonds. The average molecular weight is 348 g/mol. The quantitative estimate of drug-likeness (QED) is 0.693. The van der Waals surface area contributed by atoms with Gasteiger partial charge in [0.1, 0.15) is 0 Å². The first-order chi connectivity index (χ1) is 8.70. The van der Waals surface area contributed by atoms with Crippen LogP contribution in [0.25, 0.3) is 0 Å². The maximum absolute atomic E-state index is 6.19. The number of halogens is 3. The molecule has 96 valence electrons. The molecular formula is C14H13BrCl2O. The van der Waals surface area contributed by atoms with Gasteiger partial charge in [-0.1, -0.05) is 28.1 Å². The minimum Gasteiger partial charge on any atom is -0.472 e. The minimum atomic E-state index is -0.256. The Morgan fingerprint density at radius 2 is 1.72 bits per heavy atom. The highest BCUT2D eigenvalue weighted by Crippen LogP contribution is 2.32. The topological polar surface area (TPSA) is 13.1 Å². The van der Waals surface area contributed by atoms with E-state index >= 15 is 0 Å². The molecule has 1 nitrogen and oxygen atoms in total. The van der Waals surface area contributed by atoms with E-state index in [9.17, 15) is 0 Å². The third-order valence-corrected chi connectivity index (χ3v) is 4.64. The van der Waals surface area contributed by atoms with Crippen molar-refractivity contribution >= 4 is 39.1 Å². The van der Waals surface area contributed by atoms with Crippen molar-refractivity contribution in [3.63, 3.8) is 0 Å². The highest BCUT2D eigenvalue weighted by molar-refractivity contribution is 9.10. The Morgan fingerprint density at radius 3 is 2.22 bits per heavy atom. The van der Waals surface area contributed by atoms with Gasteiger partial charge in [0.15, 0.2) is 0 Å². The second kappa shape index (κ2) is 6.14. The molecular weight excluding hydrogens is 335 g/mol. The molecule has 0 aliphatic carbocycles. The second-order valence-corrected chi connectivity index (χ2v) is 5.81. The predicted octanol–water partition coefficient (Wildman–Crippen LogP) is 5.00. The molecule has 1 aromatic heterocycles. The Bertz CT molecular complexity index is 475. The van der Waals surface area contributed by atoms with Gasteiger partial charge in [-0.2, -0.15) is 0 Å². The van der Waals surface area contributed by atoms with Crippen LogP contribution in [0.3, 0.4) is 0 Å². The van der Waals surface area contributed by atoms with Gasteiger partial charge in [-0.25, -0.2) is 0 Å². The monoisotopic (exact) mass is 346 g/mol. The number of benzene rings is 1. The third kappa shape index (κ3) is 2.93. The van der Waals surface area contributed by atoms with E-state index in [1.165, 1.54) is 0 Å². The molecule has 0 saturated carbocycles. The van der Waals surface area contributed by atoms with E-state index in [1.54, 1.807) is 12.5 Å². The Kier molecular flexibility index (Phi) is 4.77. The van der Waals surface area contributed by atoms with Gasteiger partial charge < -0.3 is 4.42 Å². The molecule has 0 fully saturated rings. The largest absolute Gasteiger partial charge is 0.472 e. The van der Waals surface area contributed by atoms with Crippen molar-refractivity contribution in [3.05, 3.63) is 58.5 Å². The van der Waals surface area contributed by atoms with Crippen LogP contribution < -0.4 is 0 Å². The molecule has 1 aromatic carbocycles. The van der Waals surface area contributed by atoms with Crippen molar-refractivity contribution in [1.29, 1.82) is 0 Å². The van der Waals surface area contributed by atoms with Crippen LogP contribution in [-0.2, 0) is 11.8 Å². The molecule has 1 heterocycles. The van der Waals surface area contributed by atoms with E-state index in [1.807, 2.05) is 18.2 Å². The smallest absolute Gasteiger partial charge is 0.0934 e. The van der Waals surface area contributed by atoms with E-state index in [-0.39, 0.29) is 5.41 Å². The maximum Gasteiger partial charge on any atom is 0.0934 e. The highest BCUT2D eigenvalue weighted by Gasteiger charge is 2.31. The van der Waals surface area contributed by atoms with Crippen LogP contribution >= 0.6 is 39.1 Å². The fourth-order valence-corrected chi connectivity index (χ4v) is 3.02. The zero-order chi connectivity index (χ0) is 13.0. The number of rotatable bonds is 5. The Labute approximate surface area is 125 Å². The molecule has 0 N–H and O–H groups in total. The molecule has 0 radical (unpaired) electrons. The van der Waals surface area contributed by atoms with Gasteiger partial charge in [-0.15, -0.1) is 23.2 Å². The van der Waals surface area contributed by atoms with Crippen LogP contribution in [-0.4, -0.2) is 11.8 Å². The van der Waals surface area contributed by atoms with Crippen molar-refractivity contribution in [1.82, 2.24) is 0 Å². The molecule has 18 heavy (non-hydrogen) atoms. The fourth-order valence-electron chi connectivity index (χ4n) is 1.97. The summed E-state index contributed by atoms with van der Waals surface area (Å²) in [6.45, 7) is 0. The van der Waals surface area contributed by atoms with E-state index < -0.39 is 0 Å². The number of hydrogen-bond donors (Lipinski definition) is 0. The molecule has 0 atom stereocenters. The van der Waals surface area contributed by atoms with Gasteiger partial charge in [0.05, 0.1) is 12.5 Å². The van der Waals surface area contributed by atoms with E-state index in [0.717, 1.165) is 22.0 Å². The second-order valence-electron chi connectivity index (χ2n) is 4.36. The summed E-state index contributed by atoms with van der Waals surface area (Å²) in [7, 11) is 0. The van der Waals surface area contributed by atoms with Gasteiger partial charge in [0.2, 0.25) is 0 Å². The minimum absolute atomic E-state index is 0.256. The van der Waals surface area contributed by atoms with Crippen LogP contribution in [0.15, 0.2) is 51.7 Å². The average Bonchev–Trinajstić information content (AvgIpc) is 2.90. The summed E-state index contributed by atoms with van der Waals surface area (Å²) in [6.07, 6.45) is 4.19. The summed E-state index contributed by atoms with van der Waals surface area (Å²) in [5.41, 5.74) is 2.00. The first-order valence-electron chi connectivity index (χ1n) is 5.59. The van der Waals surface area contributed by atoms with Crippen molar-refractivity contribution in [2.45, 2.75) is 11.8 Å². The van der Waals surface area contributed by atoms with Crippen molar-refractivity contribution in [3.8, 4) is 0 Å². The molecule has 4 heteroatoms. The molecule has 0 bridgehead atoms. The van der Waals surface area contributed by atoms with Gasteiger partial charge in [0, 0.05) is 21.6 Å². The van der Waals surface area contributed by atoms with Crippen molar-refractivity contribution < 1.29 is 4.42 Å². The molecule has 0 unspecified atom stereocenters. The highest BCUT2D eigenvalue weighted by atomic mass is 79.9. The third-order valence-electron chi connectivity index (χ3n) is 3.09. The molecule has 2 aromatic rings. The number of hydrogen-bond acceptors (Lipinski definition) is 1. The van der Waals surface area contributed by atoms with Gasteiger partial charge in [0.25, 0.3) is 0 Å². The summed E-state index contributed by atoms with van der Waals surface area (Å²) in [4.78, 5) is 0. The Balaban J connectivity index is 2.33. The van der Waals surface area contributed by atoms with Crippen LogP contribution in [0, 0.1) is 0 Å². The van der Waals surface area contributed by atoms with Crippen molar-refractivity contribution in [2.24, 2.45) is 0 Å². The molecule has 0 aliphatic rings. The van der Waals surface area contributed by atoms with E-state index in [4.69, 9.17) is 27.6 Å². The van der Waals surface area contributed by atoms with E-state index in [2.05, 4.69) is 28.1 Å². The first-order valence-corrected chi connectivity index (χ1v) is 7.45. The molecule has 2 rings (SSSR count). The summed E-state index contributed by atoms with van der Waals surface area (Å²) in [5.74, 6) is 0.951. The number of alkyl halides is 2. The number of furan rings is 1. The first kappa shape index (κ1) is 14.0. The molecule has 0 aliphatic heterocycles. The Morgan fingerprint density at radius 1 is 1.06 bits per heavy atom. The maximum atomic E-state index is 6.19. The van der Waals surface area contributed by atoms with Gasteiger partial charge >= 0.3 is 0 Å². The van der Waals surface area contributed by atoms with Gasteiger partial charge in [-0.05, 0) is 35.7 Å². The zero-order valence-corrected chi connectivity index (χ0v) is 12.8. The van der Waals surface area contributed by atoms with Crippen LogP contribution in [0.4, 0.5) is 0 Å². The van der Waals surface area contributed by atoms with Crippen molar-refractivity contribution in [2.75, 3.05) is 11.8 Å².